The lowest BCUT2D eigenvalue weighted by Crippen LogP contribution is -1.93. The van der Waals surface area contributed by atoms with E-state index in [-0.39, 0.29) is 0 Å². The minimum atomic E-state index is -0.653. The summed E-state index contributed by atoms with van der Waals surface area (Å²) in [6.45, 7) is 35.9. The molecule has 0 aliphatic carbocycles. The van der Waals surface area contributed by atoms with Crippen molar-refractivity contribution in [3.63, 3.8) is 0 Å². The SMILES string of the molecule is C=CC=C.C=CC=C.C=CC=C.C=CC=C.C=CC=C.CCCCCCCCCCCCCCCCCC(=O)O. The fourth-order valence-electron chi connectivity index (χ4n) is 2.65. The third-order valence-corrected chi connectivity index (χ3v) is 4.83. The summed E-state index contributed by atoms with van der Waals surface area (Å²) in [6.07, 6.45) is 36.6. The predicted octanol–water partition coefficient (Wildman–Crippen LogP) is 13.1. The predicted molar refractivity (Wildman–Crippen MR) is 189 cm³/mol. The molecule has 40 heavy (non-hydrogen) atoms. The van der Waals surface area contributed by atoms with E-state index in [0.29, 0.717) is 6.42 Å². The molecular weight excluding hydrogens is 488 g/mol. The van der Waals surface area contributed by atoms with Crippen molar-refractivity contribution < 1.29 is 9.90 Å². The highest BCUT2D eigenvalue weighted by atomic mass is 16.4. The molecule has 0 aromatic carbocycles. The third-order valence-electron chi connectivity index (χ3n) is 4.83. The van der Waals surface area contributed by atoms with Crippen molar-refractivity contribution in [2.75, 3.05) is 0 Å². The Morgan fingerprint density at radius 1 is 0.400 bits per heavy atom. The molecule has 0 rings (SSSR count). The van der Waals surface area contributed by atoms with E-state index in [1.807, 2.05) is 0 Å². The molecule has 2 heteroatoms. The van der Waals surface area contributed by atoms with Crippen molar-refractivity contribution in [3.05, 3.63) is 127 Å². The van der Waals surface area contributed by atoms with Gasteiger partial charge < -0.3 is 5.11 Å². The molecule has 1 N–H and O–H groups in total. The van der Waals surface area contributed by atoms with Gasteiger partial charge in [-0.25, -0.2) is 0 Å². The molecule has 0 fully saturated rings. The summed E-state index contributed by atoms with van der Waals surface area (Å²) >= 11 is 0. The van der Waals surface area contributed by atoms with Crippen LogP contribution < -0.4 is 0 Å². The van der Waals surface area contributed by atoms with E-state index < -0.39 is 5.97 Å². The van der Waals surface area contributed by atoms with Gasteiger partial charge in [0.2, 0.25) is 0 Å². The summed E-state index contributed by atoms with van der Waals surface area (Å²) in [4.78, 5) is 10.3. The maximum Gasteiger partial charge on any atom is 0.303 e. The van der Waals surface area contributed by atoms with Crippen LogP contribution in [0.5, 0.6) is 0 Å². The van der Waals surface area contributed by atoms with Crippen molar-refractivity contribution in [3.8, 4) is 0 Å². The largest absolute Gasteiger partial charge is 0.481 e. The molecule has 230 valence electrons. The molecule has 0 aromatic heterocycles. The Morgan fingerprint density at radius 3 is 0.725 bits per heavy atom. The second kappa shape index (κ2) is 65.2. The van der Waals surface area contributed by atoms with Gasteiger partial charge in [0.05, 0.1) is 0 Å². The molecule has 0 radical (unpaired) electrons. The standard InChI is InChI=1S/C18H36O2.5C4H6/c1-2-3-4-5-6-7-8-9-10-11-12-13-14-15-16-17-18(19)20;5*1-3-4-2/h2-17H2,1H3,(H,19,20);5*3-4H,1-2H2. The monoisotopic (exact) mass is 555 g/mol. The van der Waals surface area contributed by atoms with Crippen LogP contribution in [0, 0.1) is 0 Å². The number of aliphatic carboxylic acids is 1. The van der Waals surface area contributed by atoms with E-state index >= 15 is 0 Å². The lowest BCUT2D eigenvalue weighted by molar-refractivity contribution is -0.137. The molecule has 0 spiro atoms. The van der Waals surface area contributed by atoms with Gasteiger partial charge in [-0.05, 0) is 6.42 Å². The first-order chi connectivity index (χ1) is 19.3. The number of carbonyl (C=O) groups is 1. The zero-order chi connectivity index (χ0) is 32.0. The smallest absolute Gasteiger partial charge is 0.303 e. The molecule has 0 saturated carbocycles. The number of unbranched alkanes of at least 4 members (excludes halogenated alkanes) is 14. The minimum absolute atomic E-state index is 0.345. The van der Waals surface area contributed by atoms with Crippen molar-refractivity contribution in [1.82, 2.24) is 0 Å². The first-order valence-corrected chi connectivity index (χ1v) is 14.7. The second-order valence-corrected chi connectivity index (χ2v) is 8.45. The number of carboxylic acid groups (broad SMARTS) is 1. The van der Waals surface area contributed by atoms with E-state index in [9.17, 15) is 4.79 Å². The van der Waals surface area contributed by atoms with Crippen molar-refractivity contribution >= 4 is 5.97 Å². The van der Waals surface area contributed by atoms with Crippen molar-refractivity contribution in [2.24, 2.45) is 0 Å². The summed E-state index contributed by atoms with van der Waals surface area (Å²) in [5, 5.41) is 8.52. The van der Waals surface area contributed by atoms with Gasteiger partial charge in [0.15, 0.2) is 0 Å². The Kier molecular flexibility index (Phi) is 81.1. The molecule has 0 bridgehead atoms. The van der Waals surface area contributed by atoms with Crippen LogP contribution in [0.1, 0.15) is 110 Å². The normalized spacial score (nSPS) is 7.92. The topological polar surface area (TPSA) is 37.3 Å². The maximum absolute atomic E-state index is 10.3. The van der Waals surface area contributed by atoms with Gasteiger partial charge in [0.1, 0.15) is 0 Å². The third kappa shape index (κ3) is 112. The molecule has 0 aliphatic heterocycles. The molecule has 0 saturated heterocycles. The fourth-order valence-corrected chi connectivity index (χ4v) is 2.65. The van der Waals surface area contributed by atoms with Gasteiger partial charge in [-0.2, -0.15) is 0 Å². The van der Waals surface area contributed by atoms with Crippen molar-refractivity contribution in [1.29, 1.82) is 0 Å². The number of rotatable bonds is 21. The molecule has 0 atom stereocenters. The Balaban J connectivity index is -0.000000116. The van der Waals surface area contributed by atoms with Gasteiger partial charge in [-0.3, -0.25) is 4.79 Å². The Morgan fingerprint density at radius 2 is 0.575 bits per heavy atom. The van der Waals surface area contributed by atoms with E-state index in [4.69, 9.17) is 5.11 Å². The number of allylic oxidation sites excluding steroid dienone is 10. The van der Waals surface area contributed by atoms with Crippen LogP contribution in [-0.2, 0) is 4.79 Å². The Bertz CT molecular complexity index is 481. The highest BCUT2D eigenvalue weighted by Gasteiger charge is 1.97. The van der Waals surface area contributed by atoms with Crippen LogP contribution in [0.25, 0.3) is 0 Å². The second-order valence-electron chi connectivity index (χ2n) is 8.45. The van der Waals surface area contributed by atoms with Crippen LogP contribution in [0.3, 0.4) is 0 Å². The summed E-state index contributed by atoms with van der Waals surface area (Å²) in [6, 6.07) is 0. The lowest BCUT2D eigenvalue weighted by Gasteiger charge is -2.03. The Labute approximate surface area is 251 Å². The van der Waals surface area contributed by atoms with Crippen molar-refractivity contribution in [2.45, 2.75) is 110 Å². The summed E-state index contributed by atoms with van der Waals surface area (Å²) in [5.74, 6) is -0.653. The van der Waals surface area contributed by atoms with E-state index in [2.05, 4.69) is 72.7 Å². The molecule has 0 aromatic rings. The molecule has 0 aliphatic rings. The molecule has 0 heterocycles. The zero-order valence-corrected chi connectivity index (χ0v) is 26.5. The van der Waals surface area contributed by atoms with Gasteiger partial charge in [-0.15, -0.1) is 0 Å². The Hall–Kier alpha value is -3.13. The van der Waals surface area contributed by atoms with Gasteiger partial charge in [0.25, 0.3) is 0 Å². The number of carboxylic acids is 1. The average molecular weight is 555 g/mol. The van der Waals surface area contributed by atoms with Gasteiger partial charge in [-0.1, -0.05) is 223 Å². The van der Waals surface area contributed by atoms with E-state index in [0.717, 1.165) is 12.8 Å². The number of hydrogen-bond acceptors (Lipinski definition) is 1. The zero-order valence-electron chi connectivity index (χ0n) is 26.5. The average Bonchev–Trinajstić information content (AvgIpc) is 2.99. The molecule has 0 amide bonds. The molecule has 2 nitrogen and oxygen atoms in total. The highest BCUT2D eigenvalue weighted by Crippen LogP contribution is 2.13. The van der Waals surface area contributed by atoms with Crippen LogP contribution in [0.4, 0.5) is 0 Å². The molecular formula is C38H66O2. The van der Waals surface area contributed by atoms with Crippen LogP contribution in [0.2, 0.25) is 0 Å². The van der Waals surface area contributed by atoms with Gasteiger partial charge >= 0.3 is 5.97 Å². The van der Waals surface area contributed by atoms with Crippen LogP contribution in [0.15, 0.2) is 127 Å². The first kappa shape index (κ1) is 49.8. The van der Waals surface area contributed by atoms with E-state index in [1.165, 1.54) is 83.5 Å². The van der Waals surface area contributed by atoms with Gasteiger partial charge in [0, 0.05) is 6.42 Å². The van der Waals surface area contributed by atoms with Crippen LogP contribution in [-0.4, -0.2) is 11.1 Å². The molecule has 0 unspecified atom stereocenters. The highest BCUT2D eigenvalue weighted by molar-refractivity contribution is 5.66. The maximum atomic E-state index is 10.3. The first-order valence-electron chi connectivity index (χ1n) is 14.7. The summed E-state index contributed by atoms with van der Waals surface area (Å²) in [7, 11) is 0. The van der Waals surface area contributed by atoms with E-state index in [1.54, 1.807) is 60.8 Å². The lowest BCUT2D eigenvalue weighted by atomic mass is 10.0. The number of hydrogen-bond donors (Lipinski definition) is 1. The summed E-state index contributed by atoms with van der Waals surface area (Å²) in [5.41, 5.74) is 0. The summed E-state index contributed by atoms with van der Waals surface area (Å²) < 4.78 is 0. The quantitative estimate of drug-likeness (QED) is 0.113. The fraction of sp³-hybridized carbons (Fsp3) is 0.447. The minimum Gasteiger partial charge on any atom is -0.481 e. The van der Waals surface area contributed by atoms with Crippen LogP contribution >= 0.6 is 0 Å².